The third-order valence-electron chi connectivity index (χ3n) is 4.63. The first-order valence-electron chi connectivity index (χ1n) is 7.00. The minimum atomic E-state index is -0.639. The molecule has 4 heteroatoms. The normalized spacial score (nSPS) is 19.4. The van der Waals surface area contributed by atoms with Crippen molar-refractivity contribution in [2.75, 3.05) is 14.2 Å². The third-order valence-corrected chi connectivity index (χ3v) is 4.63. The van der Waals surface area contributed by atoms with Crippen molar-refractivity contribution >= 4 is 5.78 Å². The lowest BCUT2D eigenvalue weighted by Gasteiger charge is -2.53. The van der Waals surface area contributed by atoms with Crippen LogP contribution in [0.15, 0.2) is 12.3 Å². The Labute approximate surface area is 120 Å². The standard InChI is InChI=1S/C16H23NO3/c1-6-13-7-14(11(2)17-8-13)15(12(3)18)9-16(10-15,19-4)20-5/h7-8H,6,9-10H2,1-5H3. The molecule has 1 aliphatic rings. The average Bonchev–Trinajstić information content (AvgIpc) is 2.40. The Morgan fingerprint density at radius 1 is 1.35 bits per heavy atom. The van der Waals surface area contributed by atoms with Crippen molar-refractivity contribution in [2.45, 2.75) is 51.2 Å². The fourth-order valence-corrected chi connectivity index (χ4v) is 3.12. The maximum Gasteiger partial charge on any atom is 0.170 e. The molecule has 0 atom stereocenters. The van der Waals surface area contributed by atoms with Gasteiger partial charge < -0.3 is 9.47 Å². The second-order valence-corrected chi connectivity index (χ2v) is 5.64. The molecule has 20 heavy (non-hydrogen) atoms. The molecule has 0 spiro atoms. The van der Waals surface area contributed by atoms with E-state index in [0.29, 0.717) is 12.8 Å². The van der Waals surface area contributed by atoms with Gasteiger partial charge in [0, 0.05) is 39.0 Å². The molecular formula is C16H23NO3. The fraction of sp³-hybridized carbons (Fsp3) is 0.625. The molecule has 1 saturated carbocycles. The van der Waals surface area contributed by atoms with Gasteiger partial charge in [-0.2, -0.15) is 0 Å². The SMILES string of the molecule is CCc1cnc(C)c(C2(C(C)=O)CC(OC)(OC)C2)c1. The summed E-state index contributed by atoms with van der Waals surface area (Å²) in [4.78, 5) is 16.7. The van der Waals surface area contributed by atoms with Crippen molar-refractivity contribution in [3.05, 3.63) is 29.1 Å². The van der Waals surface area contributed by atoms with Crippen LogP contribution in [0.3, 0.4) is 0 Å². The van der Waals surface area contributed by atoms with Gasteiger partial charge in [-0.05, 0) is 31.4 Å². The number of carbonyl (C=O) groups excluding carboxylic acids is 1. The van der Waals surface area contributed by atoms with Crippen LogP contribution in [0.1, 0.15) is 43.5 Å². The molecule has 0 unspecified atom stereocenters. The van der Waals surface area contributed by atoms with Crippen molar-refractivity contribution in [3.8, 4) is 0 Å². The summed E-state index contributed by atoms with van der Waals surface area (Å²) in [5, 5.41) is 0. The van der Waals surface area contributed by atoms with E-state index in [0.717, 1.165) is 23.2 Å². The number of nitrogens with zero attached hydrogens (tertiary/aromatic N) is 1. The third kappa shape index (κ3) is 2.17. The van der Waals surface area contributed by atoms with Gasteiger partial charge in [0.1, 0.15) is 5.78 Å². The van der Waals surface area contributed by atoms with Crippen molar-refractivity contribution in [2.24, 2.45) is 0 Å². The highest BCUT2D eigenvalue weighted by atomic mass is 16.7. The molecule has 0 aromatic carbocycles. The molecule has 4 nitrogen and oxygen atoms in total. The van der Waals surface area contributed by atoms with E-state index in [1.807, 2.05) is 13.1 Å². The van der Waals surface area contributed by atoms with Crippen LogP contribution in [-0.4, -0.2) is 30.8 Å². The van der Waals surface area contributed by atoms with Gasteiger partial charge >= 0.3 is 0 Å². The van der Waals surface area contributed by atoms with Gasteiger partial charge in [-0.3, -0.25) is 9.78 Å². The maximum absolute atomic E-state index is 12.3. The molecule has 1 aromatic rings. The summed E-state index contributed by atoms with van der Waals surface area (Å²) in [5.74, 6) is -0.485. The lowest BCUT2D eigenvalue weighted by atomic mass is 9.58. The van der Waals surface area contributed by atoms with E-state index in [1.165, 1.54) is 0 Å². The summed E-state index contributed by atoms with van der Waals surface area (Å²) >= 11 is 0. The molecule has 2 rings (SSSR count). The smallest absolute Gasteiger partial charge is 0.170 e. The molecule has 0 bridgehead atoms. The number of aromatic nitrogens is 1. The lowest BCUT2D eigenvalue weighted by molar-refractivity contribution is -0.273. The highest BCUT2D eigenvalue weighted by Crippen LogP contribution is 2.53. The number of hydrogen-bond donors (Lipinski definition) is 0. The molecule has 1 fully saturated rings. The predicted molar refractivity (Wildman–Crippen MR) is 76.7 cm³/mol. The molecule has 110 valence electrons. The van der Waals surface area contributed by atoms with Crippen LogP contribution in [0.5, 0.6) is 0 Å². The van der Waals surface area contributed by atoms with Gasteiger partial charge in [0.25, 0.3) is 0 Å². The van der Waals surface area contributed by atoms with E-state index < -0.39 is 11.2 Å². The molecular weight excluding hydrogens is 254 g/mol. The van der Waals surface area contributed by atoms with Crippen molar-refractivity contribution < 1.29 is 14.3 Å². The fourth-order valence-electron chi connectivity index (χ4n) is 3.12. The molecule has 1 aromatic heterocycles. The molecule has 0 amide bonds. The van der Waals surface area contributed by atoms with Crippen molar-refractivity contribution in [3.63, 3.8) is 0 Å². The van der Waals surface area contributed by atoms with E-state index in [9.17, 15) is 4.79 Å². The maximum atomic E-state index is 12.3. The number of ketones is 1. The summed E-state index contributed by atoms with van der Waals surface area (Å²) in [5.41, 5.74) is 2.57. The van der Waals surface area contributed by atoms with Crippen LogP contribution in [0.4, 0.5) is 0 Å². The van der Waals surface area contributed by atoms with E-state index in [-0.39, 0.29) is 5.78 Å². The van der Waals surface area contributed by atoms with E-state index in [2.05, 4.69) is 18.0 Å². The van der Waals surface area contributed by atoms with Gasteiger partial charge in [0.2, 0.25) is 0 Å². The summed E-state index contributed by atoms with van der Waals surface area (Å²) in [6, 6.07) is 2.11. The summed E-state index contributed by atoms with van der Waals surface area (Å²) in [6.45, 7) is 5.69. The number of aryl methyl sites for hydroxylation is 2. The zero-order valence-electron chi connectivity index (χ0n) is 12.9. The van der Waals surface area contributed by atoms with Crippen molar-refractivity contribution in [1.29, 1.82) is 0 Å². The second kappa shape index (κ2) is 5.26. The Morgan fingerprint density at radius 2 is 1.95 bits per heavy atom. The largest absolute Gasteiger partial charge is 0.353 e. The Morgan fingerprint density at radius 3 is 2.40 bits per heavy atom. The Balaban J connectivity index is 2.44. The highest BCUT2D eigenvalue weighted by molar-refractivity contribution is 5.90. The van der Waals surface area contributed by atoms with Crippen LogP contribution in [0.2, 0.25) is 0 Å². The monoisotopic (exact) mass is 277 g/mol. The highest BCUT2D eigenvalue weighted by Gasteiger charge is 2.60. The van der Waals surface area contributed by atoms with Gasteiger partial charge in [0.15, 0.2) is 5.79 Å². The van der Waals surface area contributed by atoms with Crippen LogP contribution in [-0.2, 0) is 26.1 Å². The molecule has 0 saturated heterocycles. The van der Waals surface area contributed by atoms with E-state index in [4.69, 9.17) is 9.47 Å². The molecule has 0 N–H and O–H groups in total. The summed E-state index contributed by atoms with van der Waals surface area (Å²) in [7, 11) is 3.25. The number of Topliss-reactive ketones (excluding diaryl/α,β-unsaturated/α-hetero) is 1. The molecule has 0 aliphatic heterocycles. The van der Waals surface area contributed by atoms with Crippen LogP contribution in [0.25, 0.3) is 0 Å². The van der Waals surface area contributed by atoms with Gasteiger partial charge in [-0.1, -0.05) is 13.0 Å². The first kappa shape index (κ1) is 15.1. The van der Waals surface area contributed by atoms with Gasteiger partial charge in [0.05, 0.1) is 5.41 Å². The number of pyridine rings is 1. The summed E-state index contributed by atoms with van der Waals surface area (Å²) in [6.07, 6.45) is 3.90. The van der Waals surface area contributed by atoms with Crippen molar-refractivity contribution in [1.82, 2.24) is 4.98 Å². The first-order chi connectivity index (χ1) is 9.43. The minimum absolute atomic E-state index is 0.153. The van der Waals surface area contributed by atoms with Gasteiger partial charge in [-0.15, -0.1) is 0 Å². The number of hydrogen-bond acceptors (Lipinski definition) is 4. The zero-order chi connectivity index (χ0) is 15.0. The van der Waals surface area contributed by atoms with Crippen LogP contribution in [0, 0.1) is 6.92 Å². The van der Waals surface area contributed by atoms with E-state index >= 15 is 0 Å². The number of carbonyl (C=O) groups is 1. The lowest BCUT2D eigenvalue weighted by Crippen LogP contribution is -2.60. The Kier molecular flexibility index (Phi) is 3.98. The zero-order valence-corrected chi connectivity index (χ0v) is 12.9. The first-order valence-corrected chi connectivity index (χ1v) is 7.00. The molecule has 0 radical (unpaired) electrons. The van der Waals surface area contributed by atoms with E-state index in [1.54, 1.807) is 21.1 Å². The van der Waals surface area contributed by atoms with Crippen LogP contribution >= 0.6 is 0 Å². The minimum Gasteiger partial charge on any atom is -0.353 e. The predicted octanol–water partition coefficient (Wildman–Crippen LogP) is 2.56. The number of rotatable bonds is 5. The quantitative estimate of drug-likeness (QED) is 0.776. The second-order valence-electron chi connectivity index (χ2n) is 5.64. The summed E-state index contributed by atoms with van der Waals surface area (Å²) < 4.78 is 10.9. The molecule has 1 aliphatic carbocycles. The van der Waals surface area contributed by atoms with Gasteiger partial charge in [-0.25, -0.2) is 0 Å². The molecule has 1 heterocycles. The number of methoxy groups -OCH3 is 2. The number of ether oxygens (including phenoxy) is 2. The Hall–Kier alpha value is -1.26. The average molecular weight is 277 g/mol. The van der Waals surface area contributed by atoms with Crippen LogP contribution < -0.4 is 0 Å². The topological polar surface area (TPSA) is 48.4 Å². The Bertz CT molecular complexity index is 512.